The van der Waals surface area contributed by atoms with E-state index in [1.54, 1.807) is 0 Å². The van der Waals surface area contributed by atoms with E-state index in [0.29, 0.717) is 0 Å². The van der Waals surface area contributed by atoms with E-state index >= 15 is 4.39 Å². The Morgan fingerprint density at radius 1 is 0.735 bits per heavy atom. The fraction of sp³-hybridized carbons (Fsp3) is 0.941. The van der Waals surface area contributed by atoms with Crippen molar-refractivity contribution in [3.63, 3.8) is 0 Å². The molecule has 2 nitrogen and oxygen atoms in total. The summed E-state index contributed by atoms with van der Waals surface area (Å²) in [7, 11) is 0. The van der Waals surface area contributed by atoms with Gasteiger partial charge in [0.15, 0.2) is 6.61 Å². The Bertz CT molecular complexity index is 825. The number of ether oxygens (including phenoxy) is 1. The van der Waals surface area contributed by atoms with Crippen molar-refractivity contribution in [2.24, 2.45) is 5.41 Å². The molecule has 17 heteroatoms. The summed E-state index contributed by atoms with van der Waals surface area (Å²) in [6.07, 6.45) is -4.33. The SMILES string of the molecule is CCC(C)(C)C(=O)OCC(F)(F)C1(F)C(F)(F)C2(F)C(F)(F)CC(F)(F)C(F)(C1(F)F)C2(F)F. The highest BCUT2D eigenvalue weighted by atomic mass is 19.3. The number of hydrogen-bond acceptors (Lipinski definition) is 2. The van der Waals surface area contributed by atoms with Crippen LogP contribution in [-0.2, 0) is 9.53 Å². The van der Waals surface area contributed by atoms with Crippen LogP contribution >= 0.6 is 0 Å². The van der Waals surface area contributed by atoms with Crippen molar-refractivity contribution in [3.05, 3.63) is 0 Å². The van der Waals surface area contributed by atoms with E-state index in [-0.39, 0.29) is 6.42 Å². The number of rotatable bonds is 5. The second-order valence-corrected chi connectivity index (χ2v) is 8.80. The van der Waals surface area contributed by atoms with E-state index in [1.807, 2.05) is 0 Å². The Hall–Kier alpha value is -1.58. The minimum absolute atomic E-state index is 0.268. The van der Waals surface area contributed by atoms with Crippen molar-refractivity contribution >= 4 is 5.97 Å². The van der Waals surface area contributed by atoms with Gasteiger partial charge in [0.25, 0.3) is 11.8 Å². The summed E-state index contributed by atoms with van der Waals surface area (Å²) in [5, 5.41) is 0. The standard InChI is InChI=1S/C17H15F15O2/c1-4-8(2,3)7(33)34-6-11(22,23)14(26)16(29,30)12(24)9(18,19)5-10(20,21)13(25,15(12,27)28)17(14,31)32/h4-6H2,1-3H3. The Morgan fingerprint density at radius 3 is 1.41 bits per heavy atom. The molecule has 2 fully saturated rings. The summed E-state index contributed by atoms with van der Waals surface area (Å²) in [5.41, 5.74) is -24.8. The molecule has 2 bridgehead atoms. The summed E-state index contributed by atoms with van der Waals surface area (Å²) < 4.78 is 219. The van der Waals surface area contributed by atoms with Gasteiger partial charge in [0.2, 0.25) is 0 Å². The van der Waals surface area contributed by atoms with Gasteiger partial charge in [-0.3, -0.25) is 4.79 Å². The number of carbonyl (C=O) groups is 1. The second kappa shape index (κ2) is 6.79. The topological polar surface area (TPSA) is 26.3 Å². The molecule has 2 rings (SSSR count). The molecule has 0 heterocycles. The average Bonchev–Trinajstić information content (AvgIpc) is 2.66. The number of fused-ring (bicyclic) bond motifs is 2. The van der Waals surface area contributed by atoms with Crippen LogP contribution in [0.5, 0.6) is 0 Å². The van der Waals surface area contributed by atoms with Crippen LogP contribution in [-0.4, -0.2) is 65.1 Å². The van der Waals surface area contributed by atoms with Crippen LogP contribution in [0.2, 0.25) is 0 Å². The van der Waals surface area contributed by atoms with Crippen molar-refractivity contribution in [3.8, 4) is 0 Å². The van der Waals surface area contributed by atoms with Gasteiger partial charge in [0, 0.05) is 0 Å². The van der Waals surface area contributed by atoms with Crippen LogP contribution in [0.3, 0.4) is 0 Å². The van der Waals surface area contributed by atoms with E-state index in [0.717, 1.165) is 13.8 Å². The number of esters is 1. The van der Waals surface area contributed by atoms with Gasteiger partial charge in [0.1, 0.15) is 0 Å². The van der Waals surface area contributed by atoms with Crippen molar-refractivity contribution in [1.82, 2.24) is 0 Å². The van der Waals surface area contributed by atoms with Gasteiger partial charge >= 0.3 is 46.7 Å². The third-order valence-corrected chi connectivity index (χ3v) is 6.37. The maximum Gasteiger partial charge on any atom is 0.339 e. The average molecular weight is 536 g/mol. The molecule has 0 radical (unpaired) electrons. The van der Waals surface area contributed by atoms with Crippen molar-refractivity contribution in [2.45, 2.75) is 86.2 Å². The first kappa shape index (κ1) is 28.7. The molecule has 0 aromatic carbocycles. The molecule has 0 aromatic heterocycles. The zero-order valence-corrected chi connectivity index (χ0v) is 17.1. The molecular weight excluding hydrogens is 521 g/mol. The van der Waals surface area contributed by atoms with Gasteiger partial charge in [-0.25, -0.2) is 30.7 Å². The smallest absolute Gasteiger partial charge is 0.339 e. The molecular formula is C17H15F15O2. The number of carbonyl (C=O) groups excluding carboxylic acids is 1. The van der Waals surface area contributed by atoms with Crippen LogP contribution < -0.4 is 0 Å². The largest absolute Gasteiger partial charge is 0.459 e. The monoisotopic (exact) mass is 536 g/mol. The number of halogens is 15. The van der Waals surface area contributed by atoms with Crippen LogP contribution in [0.1, 0.15) is 33.6 Å². The molecule has 0 spiro atoms. The van der Waals surface area contributed by atoms with Gasteiger partial charge in [-0.05, 0) is 20.3 Å². The van der Waals surface area contributed by atoms with Gasteiger partial charge in [-0.15, -0.1) is 0 Å². The summed E-state index contributed by atoms with van der Waals surface area (Å²) in [5.74, 6) is -46.2. The molecule has 2 unspecified atom stereocenters. The van der Waals surface area contributed by atoms with Crippen LogP contribution in [0.25, 0.3) is 0 Å². The third kappa shape index (κ3) is 2.61. The molecule has 200 valence electrons. The predicted octanol–water partition coefficient (Wildman–Crippen LogP) is 6.32. The number of hydrogen-bond donors (Lipinski definition) is 0. The van der Waals surface area contributed by atoms with Gasteiger partial charge in [-0.1, -0.05) is 6.92 Å². The Kier molecular flexibility index (Phi) is 5.73. The molecule has 0 aliphatic heterocycles. The zero-order valence-electron chi connectivity index (χ0n) is 17.1. The van der Waals surface area contributed by atoms with Crippen LogP contribution in [0.4, 0.5) is 65.9 Å². The molecule has 2 aliphatic carbocycles. The number of alkyl halides is 15. The fourth-order valence-electron chi connectivity index (χ4n) is 3.80. The highest BCUT2D eigenvalue weighted by Crippen LogP contribution is 2.79. The Morgan fingerprint density at radius 2 is 1.09 bits per heavy atom. The lowest BCUT2D eigenvalue weighted by Crippen LogP contribution is -2.97. The molecule has 0 amide bonds. The molecule has 34 heavy (non-hydrogen) atoms. The Labute approximate surface area is 180 Å². The molecule has 0 saturated heterocycles. The third-order valence-electron chi connectivity index (χ3n) is 6.37. The van der Waals surface area contributed by atoms with Crippen molar-refractivity contribution in [2.75, 3.05) is 6.61 Å². The lowest BCUT2D eigenvalue weighted by atomic mass is 9.52. The van der Waals surface area contributed by atoms with E-state index in [1.165, 1.54) is 6.92 Å². The summed E-state index contributed by atoms with van der Waals surface area (Å²) >= 11 is 0. The molecule has 0 N–H and O–H groups in total. The Balaban J connectivity index is 2.87. The van der Waals surface area contributed by atoms with Crippen LogP contribution in [0.15, 0.2) is 0 Å². The van der Waals surface area contributed by atoms with Gasteiger partial charge in [0.05, 0.1) is 11.8 Å². The van der Waals surface area contributed by atoms with E-state index < -0.39 is 77.0 Å². The lowest BCUT2D eigenvalue weighted by Gasteiger charge is -2.64. The summed E-state index contributed by atoms with van der Waals surface area (Å²) in [6, 6.07) is 0. The second-order valence-electron chi connectivity index (χ2n) is 8.80. The first-order chi connectivity index (χ1) is 14.6. The predicted molar refractivity (Wildman–Crippen MR) is 80.8 cm³/mol. The first-order valence-electron chi connectivity index (χ1n) is 9.15. The maximum atomic E-state index is 15.1. The highest BCUT2D eigenvalue weighted by molar-refractivity contribution is 5.75. The van der Waals surface area contributed by atoms with Gasteiger partial charge in [-0.2, -0.15) is 35.1 Å². The molecule has 0 aromatic rings. The summed E-state index contributed by atoms with van der Waals surface area (Å²) in [6.45, 7) is -0.179. The molecule has 2 saturated carbocycles. The molecule has 2 atom stereocenters. The minimum Gasteiger partial charge on any atom is -0.459 e. The van der Waals surface area contributed by atoms with Crippen molar-refractivity contribution in [1.29, 1.82) is 0 Å². The maximum absolute atomic E-state index is 15.1. The zero-order chi connectivity index (χ0) is 27.4. The van der Waals surface area contributed by atoms with E-state index in [9.17, 15) is 66.3 Å². The normalized spacial score (nSPS) is 37.7. The highest BCUT2D eigenvalue weighted by Gasteiger charge is 3.11. The fourth-order valence-corrected chi connectivity index (χ4v) is 3.80. The van der Waals surface area contributed by atoms with Gasteiger partial charge < -0.3 is 4.74 Å². The van der Waals surface area contributed by atoms with Crippen LogP contribution in [0, 0.1) is 5.41 Å². The summed E-state index contributed by atoms with van der Waals surface area (Å²) in [4.78, 5) is 11.7. The molecule has 2 aliphatic rings. The quantitative estimate of drug-likeness (QED) is 0.304. The first-order valence-corrected chi connectivity index (χ1v) is 9.15. The van der Waals surface area contributed by atoms with E-state index in [2.05, 4.69) is 4.74 Å². The van der Waals surface area contributed by atoms with E-state index in [4.69, 9.17) is 0 Å². The van der Waals surface area contributed by atoms with Crippen molar-refractivity contribution < 1.29 is 75.4 Å². The minimum atomic E-state index is -7.93. The lowest BCUT2D eigenvalue weighted by molar-refractivity contribution is -0.527.